The number of urea groups is 1. The third kappa shape index (κ3) is 8.61. The number of Topliss-reactive ketones (excluding diaryl/α,β-unsaturated/α-hetero) is 2. The van der Waals surface area contributed by atoms with Crippen LogP contribution in [-0.2, 0) is 30.4 Å². The Hall–Kier alpha value is -6.88. The smallest absolute Gasteiger partial charge is 0.308 e. The number of rotatable bonds is 9. The van der Waals surface area contributed by atoms with Gasteiger partial charge in [0.15, 0.2) is 11.4 Å². The van der Waals surface area contributed by atoms with Crippen molar-refractivity contribution in [2.24, 2.45) is 10.2 Å². The minimum Gasteiger partial charge on any atom is -0.308 e. The summed E-state index contributed by atoms with van der Waals surface area (Å²) in [5, 5.41) is 14.0. The number of hydrogen-bond acceptors (Lipinski definition) is 13. The van der Waals surface area contributed by atoms with Crippen LogP contribution < -0.4 is 21.5 Å². The number of amides is 2. The second-order valence-electron chi connectivity index (χ2n) is 13.5. The van der Waals surface area contributed by atoms with Crippen molar-refractivity contribution in [2.45, 2.75) is 18.7 Å². The summed E-state index contributed by atoms with van der Waals surface area (Å²) in [6, 6.07) is 20.7. The summed E-state index contributed by atoms with van der Waals surface area (Å²) in [6.45, 7) is 3.67. The van der Waals surface area contributed by atoms with E-state index in [1.807, 2.05) is 13.0 Å². The quantitative estimate of drug-likeness (QED) is 0.0648. The minimum absolute atomic E-state index is 0.00406. The standard InChI is InChI=1S/C39H30N6O12S3/c1-20-3-12-32(21(2)13-20)43-45-36-34(60(55,56)57)19-25-16-27(8-11-31(25)38(36)47)41-39(48)40-26-7-10-30-24(15-26)18-33(59(52,53)54)35(37(30)46)44-42-28-6-4-23-17-29(58(49,50)51)9-5-22(23)14-28/h3-19,42-43H,1-2H3,(H2,40,41,48)(H,49,50,51)(H,52,53,54)(H,55,56,57)/b44-35-,45-36+. The molecular formula is C39H30N6O12S3. The SMILES string of the molecule is Cc1ccc(N/N=C2/C(=O)c3ccc(NC(=O)Nc4ccc5c(c4)C=C(S(=O)(=O)O)/C(=N/Nc4ccc6cc(S(=O)(=O)O)ccc6c4)C5=O)cc3C=C2S(=O)(=O)O)c(C)c1. The molecule has 0 saturated carbocycles. The molecule has 7 rings (SSSR count). The van der Waals surface area contributed by atoms with Gasteiger partial charge in [-0.1, -0.05) is 29.8 Å². The number of carbonyl (C=O) groups is 3. The predicted molar refractivity (Wildman–Crippen MR) is 225 cm³/mol. The van der Waals surface area contributed by atoms with E-state index in [1.165, 1.54) is 72.8 Å². The van der Waals surface area contributed by atoms with Crippen molar-refractivity contribution in [2.75, 3.05) is 21.5 Å². The number of nitrogens with zero attached hydrogens (tertiary/aromatic N) is 2. The summed E-state index contributed by atoms with van der Waals surface area (Å²) in [5.74, 6) is -1.71. The lowest BCUT2D eigenvalue weighted by Gasteiger charge is -2.18. The number of benzene rings is 5. The van der Waals surface area contributed by atoms with Crippen molar-refractivity contribution in [3.05, 3.63) is 134 Å². The maximum atomic E-state index is 13.5. The molecule has 2 aliphatic rings. The van der Waals surface area contributed by atoms with E-state index >= 15 is 0 Å². The molecule has 0 radical (unpaired) electrons. The molecule has 0 unspecified atom stereocenters. The molecule has 0 aromatic heterocycles. The lowest BCUT2D eigenvalue weighted by Crippen LogP contribution is -2.27. The van der Waals surface area contributed by atoms with Crippen LogP contribution in [0.1, 0.15) is 43.0 Å². The summed E-state index contributed by atoms with van der Waals surface area (Å²) in [6.07, 6.45) is 2.03. The molecule has 21 heteroatoms. The number of allylic oxidation sites excluding steroid dienone is 2. The highest BCUT2D eigenvalue weighted by Crippen LogP contribution is 2.31. The molecule has 18 nitrogen and oxygen atoms in total. The molecule has 2 amide bonds. The highest BCUT2D eigenvalue weighted by molar-refractivity contribution is 7.91. The van der Waals surface area contributed by atoms with Crippen molar-refractivity contribution in [3.8, 4) is 0 Å². The summed E-state index contributed by atoms with van der Waals surface area (Å²) >= 11 is 0. The van der Waals surface area contributed by atoms with E-state index in [0.29, 0.717) is 16.5 Å². The second-order valence-corrected chi connectivity index (χ2v) is 17.7. The number of hydrazone groups is 2. The van der Waals surface area contributed by atoms with Crippen LogP contribution in [0.15, 0.2) is 116 Å². The Kier molecular flexibility index (Phi) is 10.6. The van der Waals surface area contributed by atoms with Crippen molar-refractivity contribution >= 4 is 105 Å². The van der Waals surface area contributed by atoms with Crippen LogP contribution in [0.3, 0.4) is 0 Å². The largest absolute Gasteiger partial charge is 0.323 e. The Morgan fingerprint density at radius 2 is 1.05 bits per heavy atom. The van der Waals surface area contributed by atoms with Gasteiger partial charge in [-0.05, 0) is 120 Å². The lowest BCUT2D eigenvalue weighted by molar-refractivity contribution is 0.105. The molecule has 0 saturated heterocycles. The van der Waals surface area contributed by atoms with E-state index in [2.05, 4.69) is 31.7 Å². The monoisotopic (exact) mass is 870 g/mol. The number of fused-ring (bicyclic) bond motifs is 3. The number of aryl methyl sites for hydroxylation is 2. The van der Waals surface area contributed by atoms with E-state index in [1.54, 1.807) is 19.1 Å². The predicted octanol–water partition coefficient (Wildman–Crippen LogP) is 6.13. The summed E-state index contributed by atoms with van der Waals surface area (Å²) in [4.78, 5) is 38.1. The Labute approximate surface area is 341 Å². The Morgan fingerprint density at radius 1 is 0.550 bits per heavy atom. The van der Waals surface area contributed by atoms with Gasteiger partial charge in [-0.25, -0.2) is 4.79 Å². The average Bonchev–Trinajstić information content (AvgIpc) is 3.16. The summed E-state index contributed by atoms with van der Waals surface area (Å²) in [7, 11) is -14.4. The third-order valence-corrected chi connectivity index (χ3v) is 11.8. The number of hydrogen-bond donors (Lipinski definition) is 7. The van der Waals surface area contributed by atoms with Crippen LogP contribution in [0.25, 0.3) is 22.9 Å². The average molecular weight is 871 g/mol. The molecule has 0 heterocycles. The van der Waals surface area contributed by atoms with Crippen LogP contribution in [0, 0.1) is 13.8 Å². The van der Waals surface area contributed by atoms with Crippen molar-refractivity contribution in [1.82, 2.24) is 0 Å². The molecule has 0 fully saturated rings. The van der Waals surface area contributed by atoms with Gasteiger partial charge in [0.2, 0.25) is 11.6 Å². The number of anilines is 4. The molecule has 0 atom stereocenters. The molecule has 0 aliphatic heterocycles. The zero-order valence-electron chi connectivity index (χ0n) is 31.0. The van der Waals surface area contributed by atoms with Gasteiger partial charge in [0.25, 0.3) is 30.4 Å². The Morgan fingerprint density at radius 3 is 1.57 bits per heavy atom. The number of nitrogens with one attached hydrogen (secondary N) is 4. The van der Waals surface area contributed by atoms with Gasteiger partial charge in [-0.2, -0.15) is 35.5 Å². The van der Waals surface area contributed by atoms with E-state index in [-0.39, 0.29) is 44.2 Å². The van der Waals surface area contributed by atoms with Gasteiger partial charge >= 0.3 is 6.03 Å². The van der Waals surface area contributed by atoms with E-state index in [9.17, 15) is 53.3 Å². The maximum absolute atomic E-state index is 13.5. The van der Waals surface area contributed by atoms with Crippen LogP contribution in [0.5, 0.6) is 0 Å². The first-order valence-corrected chi connectivity index (χ1v) is 21.6. The molecule has 0 spiro atoms. The molecular weight excluding hydrogens is 841 g/mol. The van der Waals surface area contributed by atoms with Crippen LogP contribution in [0.4, 0.5) is 27.5 Å². The number of ketones is 2. The summed E-state index contributed by atoms with van der Waals surface area (Å²) < 4.78 is 102. The van der Waals surface area contributed by atoms with Crippen LogP contribution >= 0.6 is 0 Å². The first-order chi connectivity index (χ1) is 28.2. The Bertz CT molecular complexity index is 3210. The first-order valence-electron chi connectivity index (χ1n) is 17.3. The first kappa shape index (κ1) is 41.3. The fourth-order valence-corrected chi connectivity index (χ4v) is 8.19. The van der Waals surface area contributed by atoms with Gasteiger partial charge < -0.3 is 10.6 Å². The molecule has 0 bridgehead atoms. The Balaban J connectivity index is 1.09. The molecule has 306 valence electrons. The molecule has 5 aromatic rings. The minimum atomic E-state index is -5.04. The molecule has 60 heavy (non-hydrogen) atoms. The number of carbonyl (C=O) groups excluding carboxylic acids is 3. The summed E-state index contributed by atoms with van der Waals surface area (Å²) in [5.41, 5.74) is 6.78. The van der Waals surface area contributed by atoms with Crippen molar-refractivity contribution in [3.63, 3.8) is 0 Å². The van der Waals surface area contributed by atoms with Crippen LogP contribution in [-0.4, -0.2) is 67.9 Å². The van der Waals surface area contributed by atoms with Crippen LogP contribution in [0.2, 0.25) is 0 Å². The topological polar surface area (TPSA) is 287 Å². The van der Waals surface area contributed by atoms with E-state index in [4.69, 9.17) is 0 Å². The fourth-order valence-electron chi connectivity index (χ4n) is 6.36. The maximum Gasteiger partial charge on any atom is 0.323 e. The highest BCUT2D eigenvalue weighted by Gasteiger charge is 2.34. The van der Waals surface area contributed by atoms with Crippen molar-refractivity contribution in [1.29, 1.82) is 0 Å². The van der Waals surface area contributed by atoms with Gasteiger partial charge in [0.05, 0.1) is 16.3 Å². The molecule has 7 N–H and O–H groups in total. The molecule has 5 aromatic carbocycles. The second kappa shape index (κ2) is 15.4. The van der Waals surface area contributed by atoms with Crippen molar-refractivity contribution < 1.29 is 53.3 Å². The van der Waals surface area contributed by atoms with Gasteiger partial charge in [-0.15, -0.1) is 0 Å². The van der Waals surface area contributed by atoms with E-state index in [0.717, 1.165) is 23.3 Å². The fraction of sp³-hybridized carbons (Fsp3) is 0.0513. The highest BCUT2D eigenvalue weighted by atomic mass is 32.2. The van der Waals surface area contributed by atoms with E-state index < -0.39 is 69.2 Å². The van der Waals surface area contributed by atoms with Gasteiger partial charge in [0.1, 0.15) is 9.81 Å². The van der Waals surface area contributed by atoms with Gasteiger partial charge in [-0.3, -0.25) is 34.1 Å². The zero-order chi connectivity index (χ0) is 43.3. The zero-order valence-corrected chi connectivity index (χ0v) is 33.4. The lowest BCUT2D eigenvalue weighted by atomic mass is 9.94. The third-order valence-electron chi connectivity index (χ3n) is 9.21. The van der Waals surface area contributed by atoms with Gasteiger partial charge in [0, 0.05) is 22.5 Å². The normalized spacial score (nSPS) is 15.6. The molecule has 2 aliphatic carbocycles.